The number of carbonyl (C=O) groups excluding carboxylic acids is 2. The van der Waals surface area contributed by atoms with Crippen molar-refractivity contribution in [1.82, 2.24) is 0 Å². The van der Waals surface area contributed by atoms with Gasteiger partial charge in [-0.15, -0.1) is 0 Å². The maximum absolute atomic E-state index is 11.8. The Morgan fingerprint density at radius 1 is 0.864 bits per heavy atom. The van der Waals surface area contributed by atoms with Gasteiger partial charge in [0.05, 0.1) is 0 Å². The SMILES string of the molecule is CC(C)C(=O)COCCCCCCCCCC(=O)C(C)(C)C. The van der Waals surface area contributed by atoms with Gasteiger partial charge in [0.15, 0.2) is 5.78 Å². The highest BCUT2D eigenvalue weighted by molar-refractivity contribution is 5.83. The molecule has 0 aromatic heterocycles. The van der Waals surface area contributed by atoms with Crippen molar-refractivity contribution in [1.29, 1.82) is 0 Å². The molecule has 0 rings (SSSR count). The number of rotatable bonds is 13. The van der Waals surface area contributed by atoms with E-state index in [4.69, 9.17) is 4.74 Å². The highest BCUT2D eigenvalue weighted by Gasteiger charge is 2.19. The van der Waals surface area contributed by atoms with Gasteiger partial charge in [0.2, 0.25) is 0 Å². The summed E-state index contributed by atoms with van der Waals surface area (Å²) in [7, 11) is 0. The topological polar surface area (TPSA) is 43.4 Å². The Morgan fingerprint density at radius 2 is 1.36 bits per heavy atom. The molecule has 0 spiro atoms. The zero-order chi connectivity index (χ0) is 17.0. The first-order chi connectivity index (χ1) is 10.2. The first kappa shape index (κ1) is 21.3. The van der Waals surface area contributed by atoms with Crippen LogP contribution >= 0.6 is 0 Å². The molecule has 22 heavy (non-hydrogen) atoms. The van der Waals surface area contributed by atoms with Crippen molar-refractivity contribution in [3.05, 3.63) is 0 Å². The summed E-state index contributed by atoms with van der Waals surface area (Å²) in [5.41, 5.74) is -0.184. The molecule has 0 saturated carbocycles. The van der Waals surface area contributed by atoms with Crippen LogP contribution < -0.4 is 0 Å². The number of Topliss-reactive ketones (excluding diaryl/α,β-unsaturated/α-hetero) is 2. The predicted molar refractivity (Wildman–Crippen MR) is 92.1 cm³/mol. The minimum absolute atomic E-state index is 0.0742. The Bertz CT molecular complexity index is 313. The number of unbranched alkanes of at least 4 members (excludes halogenated alkanes) is 6. The molecule has 0 aromatic carbocycles. The van der Waals surface area contributed by atoms with E-state index in [2.05, 4.69) is 0 Å². The molecule has 0 atom stereocenters. The lowest BCUT2D eigenvalue weighted by Crippen LogP contribution is -2.19. The third-order valence-electron chi connectivity index (χ3n) is 3.92. The number of ether oxygens (including phenoxy) is 1. The monoisotopic (exact) mass is 312 g/mol. The molecule has 0 N–H and O–H groups in total. The molecule has 3 heteroatoms. The van der Waals surface area contributed by atoms with Crippen LogP contribution in [0.1, 0.15) is 86.0 Å². The molecule has 0 bridgehead atoms. The van der Waals surface area contributed by atoms with Gasteiger partial charge in [-0.3, -0.25) is 9.59 Å². The van der Waals surface area contributed by atoms with Gasteiger partial charge in [-0.2, -0.15) is 0 Å². The molecular weight excluding hydrogens is 276 g/mol. The summed E-state index contributed by atoms with van der Waals surface area (Å²) in [6.45, 7) is 10.7. The third-order valence-corrected chi connectivity index (χ3v) is 3.92. The molecule has 0 saturated heterocycles. The van der Waals surface area contributed by atoms with Crippen LogP contribution in [0.25, 0.3) is 0 Å². The lowest BCUT2D eigenvalue weighted by molar-refractivity contribution is -0.127. The van der Waals surface area contributed by atoms with Crippen LogP contribution in [0.4, 0.5) is 0 Å². The molecule has 0 heterocycles. The fraction of sp³-hybridized carbons (Fsp3) is 0.895. The van der Waals surface area contributed by atoms with E-state index in [0.717, 1.165) is 32.1 Å². The number of hydrogen-bond donors (Lipinski definition) is 0. The molecule has 0 aliphatic carbocycles. The van der Waals surface area contributed by atoms with E-state index < -0.39 is 0 Å². The van der Waals surface area contributed by atoms with Gasteiger partial charge in [-0.1, -0.05) is 66.7 Å². The zero-order valence-electron chi connectivity index (χ0n) is 15.4. The highest BCUT2D eigenvalue weighted by atomic mass is 16.5. The molecule has 3 nitrogen and oxygen atoms in total. The van der Waals surface area contributed by atoms with Crippen LogP contribution in [0.3, 0.4) is 0 Å². The van der Waals surface area contributed by atoms with E-state index in [-0.39, 0.29) is 23.7 Å². The van der Waals surface area contributed by atoms with Crippen molar-refractivity contribution in [2.45, 2.75) is 86.0 Å². The van der Waals surface area contributed by atoms with Crippen molar-refractivity contribution >= 4 is 11.6 Å². The molecule has 0 aliphatic heterocycles. The summed E-state index contributed by atoms with van der Waals surface area (Å²) in [4.78, 5) is 23.1. The van der Waals surface area contributed by atoms with E-state index in [1.165, 1.54) is 19.3 Å². The smallest absolute Gasteiger partial charge is 0.160 e. The second-order valence-corrected chi connectivity index (χ2v) is 7.57. The fourth-order valence-corrected chi connectivity index (χ4v) is 2.09. The van der Waals surface area contributed by atoms with Crippen molar-refractivity contribution in [2.24, 2.45) is 11.3 Å². The first-order valence-electron chi connectivity index (χ1n) is 8.89. The standard InChI is InChI=1S/C19H36O3/c1-16(2)17(20)15-22-14-12-10-8-6-7-9-11-13-18(21)19(3,4)5/h16H,6-15H2,1-5H3. The summed E-state index contributed by atoms with van der Waals surface area (Å²) < 4.78 is 5.37. The molecule has 0 amide bonds. The second-order valence-electron chi connectivity index (χ2n) is 7.57. The van der Waals surface area contributed by atoms with Crippen LogP contribution in [0.2, 0.25) is 0 Å². The van der Waals surface area contributed by atoms with Crippen molar-refractivity contribution in [2.75, 3.05) is 13.2 Å². The van der Waals surface area contributed by atoms with Crippen molar-refractivity contribution in [3.8, 4) is 0 Å². The van der Waals surface area contributed by atoms with Gasteiger partial charge < -0.3 is 4.74 Å². The van der Waals surface area contributed by atoms with Crippen molar-refractivity contribution in [3.63, 3.8) is 0 Å². The summed E-state index contributed by atoms with van der Waals surface area (Å²) in [6, 6.07) is 0. The van der Waals surface area contributed by atoms with Crippen LogP contribution in [0.15, 0.2) is 0 Å². The summed E-state index contributed by atoms with van der Waals surface area (Å²) >= 11 is 0. The minimum atomic E-state index is -0.184. The Balaban J connectivity index is 3.28. The fourth-order valence-electron chi connectivity index (χ4n) is 2.09. The molecular formula is C19H36O3. The van der Waals surface area contributed by atoms with E-state index in [1.807, 2.05) is 34.6 Å². The average Bonchev–Trinajstić information content (AvgIpc) is 2.42. The van der Waals surface area contributed by atoms with Crippen LogP contribution in [-0.4, -0.2) is 24.8 Å². The van der Waals surface area contributed by atoms with Crippen LogP contribution in [-0.2, 0) is 14.3 Å². The van der Waals surface area contributed by atoms with Gasteiger partial charge in [0.1, 0.15) is 12.4 Å². The first-order valence-corrected chi connectivity index (χ1v) is 8.89. The molecule has 0 fully saturated rings. The largest absolute Gasteiger partial charge is 0.374 e. The second kappa shape index (κ2) is 11.8. The summed E-state index contributed by atoms with van der Waals surface area (Å²) in [5, 5.41) is 0. The van der Waals surface area contributed by atoms with E-state index in [0.29, 0.717) is 12.4 Å². The Hall–Kier alpha value is -0.700. The van der Waals surface area contributed by atoms with Crippen molar-refractivity contribution < 1.29 is 14.3 Å². The summed E-state index contributed by atoms with van der Waals surface area (Å²) in [5.74, 6) is 0.635. The van der Waals surface area contributed by atoms with E-state index in [1.54, 1.807) is 0 Å². The number of hydrogen-bond acceptors (Lipinski definition) is 3. The Morgan fingerprint density at radius 3 is 1.86 bits per heavy atom. The quantitative estimate of drug-likeness (QED) is 0.451. The maximum Gasteiger partial charge on any atom is 0.160 e. The zero-order valence-corrected chi connectivity index (χ0v) is 15.4. The molecule has 0 unspecified atom stereocenters. The highest BCUT2D eigenvalue weighted by Crippen LogP contribution is 2.19. The van der Waals surface area contributed by atoms with Gasteiger partial charge in [-0.25, -0.2) is 0 Å². The molecule has 0 aromatic rings. The lowest BCUT2D eigenvalue weighted by atomic mass is 9.88. The maximum atomic E-state index is 11.8. The molecule has 130 valence electrons. The molecule has 0 radical (unpaired) electrons. The Kier molecular flexibility index (Phi) is 11.4. The van der Waals surface area contributed by atoms with Gasteiger partial charge in [-0.05, 0) is 12.8 Å². The lowest BCUT2D eigenvalue weighted by Gasteiger charge is -2.16. The van der Waals surface area contributed by atoms with E-state index in [9.17, 15) is 9.59 Å². The van der Waals surface area contributed by atoms with Gasteiger partial charge >= 0.3 is 0 Å². The summed E-state index contributed by atoms with van der Waals surface area (Å²) in [6.07, 6.45) is 8.76. The minimum Gasteiger partial charge on any atom is -0.374 e. The third kappa shape index (κ3) is 11.9. The predicted octanol–water partition coefficient (Wildman–Crippen LogP) is 4.96. The van der Waals surface area contributed by atoms with E-state index >= 15 is 0 Å². The normalized spacial score (nSPS) is 11.9. The Labute approximate surface area is 137 Å². The average molecular weight is 312 g/mol. The number of carbonyl (C=O) groups is 2. The number of ketones is 2. The van der Waals surface area contributed by atoms with Gasteiger partial charge in [0, 0.05) is 24.4 Å². The molecule has 0 aliphatic rings. The van der Waals surface area contributed by atoms with Crippen LogP contribution in [0, 0.1) is 11.3 Å². The van der Waals surface area contributed by atoms with Crippen LogP contribution in [0.5, 0.6) is 0 Å². The van der Waals surface area contributed by atoms with Gasteiger partial charge in [0.25, 0.3) is 0 Å².